The molecule has 0 radical (unpaired) electrons. The number of sulfone groups is 1. The standard InChI is InChI=1S/C14H19IN2O3S/c1-10-7-11(15)3-4-12(10)16-8-13(18)17-14(2)5-6-21(19,20)9-14/h3-4,7,16H,5-6,8-9H2,1-2H3,(H,17,18). The summed E-state index contributed by atoms with van der Waals surface area (Å²) in [6.45, 7) is 3.90. The first-order valence-electron chi connectivity index (χ1n) is 6.71. The Kier molecular flexibility index (Phi) is 4.82. The van der Waals surface area contributed by atoms with Gasteiger partial charge in [-0.25, -0.2) is 8.42 Å². The minimum atomic E-state index is -3.01. The fraction of sp³-hybridized carbons (Fsp3) is 0.500. The van der Waals surface area contributed by atoms with E-state index in [9.17, 15) is 13.2 Å². The zero-order valence-corrected chi connectivity index (χ0v) is 15.0. The highest BCUT2D eigenvalue weighted by molar-refractivity contribution is 14.1. The normalized spacial score (nSPS) is 23.8. The highest BCUT2D eigenvalue weighted by Gasteiger charge is 2.39. The predicted molar refractivity (Wildman–Crippen MR) is 92.2 cm³/mol. The lowest BCUT2D eigenvalue weighted by atomic mass is 10.0. The topological polar surface area (TPSA) is 75.3 Å². The number of nitrogens with one attached hydrogen (secondary N) is 2. The lowest BCUT2D eigenvalue weighted by Gasteiger charge is -2.24. The number of hydrogen-bond donors (Lipinski definition) is 2. The van der Waals surface area contributed by atoms with Gasteiger partial charge in [-0.1, -0.05) is 0 Å². The largest absolute Gasteiger partial charge is 0.376 e. The number of carbonyl (C=O) groups is 1. The molecule has 2 N–H and O–H groups in total. The molecule has 1 aliphatic rings. The maximum Gasteiger partial charge on any atom is 0.239 e. The minimum Gasteiger partial charge on any atom is -0.376 e. The summed E-state index contributed by atoms with van der Waals surface area (Å²) in [4.78, 5) is 12.0. The zero-order chi connectivity index (χ0) is 15.7. The van der Waals surface area contributed by atoms with E-state index in [0.717, 1.165) is 14.8 Å². The Morgan fingerprint density at radius 1 is 1.43 bits per heavy atom. The van der Waals surface area contributed by atoms with Gasteiger partial charge in [-0.3, -0.25) is 4.79 Å². The first kappa shape index (κ1) is 16.5. The van der Waals surface area contributed by atoms with Gasteiger partial charge < -0.3 is 10.6 Å². The molecule has 116 valence electrons. The Balaban J connectivity index is 1.91. The van der Waals surface area contributed by atoms with Crippen LogP contribution in [0, 0.1) is 10.5 Å². The van der Waals surface area contributed by atoms with Gasteiger partial charge in [0.25, 0.3) is 0 Å². The molecule has 0 aromatic heterocycles. The Hall–Kier alpha value is -0.830. The molecule has 1 amide bonds. The van der Waals surface area contributed by atoms with Gasteiger partial charge >= 0.3 is 0 Å². The molecule has 2 rings (SSSR count). The van der Waals surface area contributed by atoms with Crippen molar-refractivity contribution < 1.29 is 13.2 Å². The third-order valence-electron chi connectivity index (χ3n) is 3.57. The second-order valence-corrected chi connectivity index (χ2v) is 9.19. The molecule has 1 saturated heterocycles. The molecule has 0 bridgehead atoms. The van der Waals surface area contributed by atoms with Gasteiger partial charge in [-0.15, -0.1) is 0 Å². The van der Waals surface area contributed by atoms with Crippen molar-refractivity contribution in [1.82, 2.24) is 5.32 Å². The Morgan fingerprint density at radius 3 is 2.71 bits per heavy atom. The summed E-state index contributed by atoms with van der Waals surface area (Å²) < 4.78 is 24.2. The SMILES string of the molecule is Cc1cc(I)ccc1NCC(=O)NC1(C)CCS(=O)(=O)C1. The second-order valence-electron chi connectivity index (χ2n) is 5.76. The molecule has 1 aromatic rings. The molecule has 1 heterocycles. The number of halogens is 1. The Labute approximate surface area is 138 Å². The van der Waals surface area contributed by atoms with Gasteiger partial charge in [0.2, 0.25) is 5.91 Å². The highest BCUT2D eigenvalue weighted by atomic mass is 127. The van der Waals surface area contributed by atoms with E-state index in [1.54, 1.807) is 6.92 Å². The quantitative estimate of drug-likeness (QED) is 0.725. The molecule has 1 aromatic carbocycles. The van der Waals surface area contributed by atoms with Crippen LogP contribution in [0.25, 0.3) is 0 Å². The van der Waals surface area contributed by atoms with Crippen molar-refractivity contribution in [3.63, 3.8) is 0 Å². The molecular weight excluding hydrogens is 403 g/mol. The molecule has 1 unspecified atom stereocenters. The Bertz CT molecular complexity index is 660. The van der Waals surface area contributed by atoms with Crippen LogP contribution in [0.3, 0.4) is 0 Å². The van der Waals surface area contributed by atoms with Gasteiger partial charge in [0.05, 0.1) is 23.6 Å². The van der Waals surface area contributed by atoms with Crippen molar-refractivity contribution in [3.05, 3.63) is 27.3 Å². The van der Waals surface area contributed by atoms with Crippen LogP contribution in [0.1, 0.15) is 18.9 Å². The molecule has 1 fully saturated rings. The summed E-state index contributed by atoms with van der Waals surface area (Å²) in [7, 11) is -3.01. The molecule has 1 atom stereocenters. The lowest BCUT2D eigenvalue weighted by molar-refractivity contribution is -0.120. The monoisotopic (exact) mass is 422 g/mol. The number of benzene rings is 1. The molecular formula is C14H19IN2O3S. The van der Waals surface area contributed by atoms with Crippen LogP contribution in [-0.2, 0) is 14.6 Å². The Morgan fingerprint density at radius 2 is 2.14 bits per heavy atom. The van der Waals surface area contributed by atoms with Crippen LogP contribution in [-0.4, -0.2) is 37.9 Å². The van der Waals surface area contributed by atoms with Crippen LogP contribution in [0.4, 0.5) is 5.69 Å². The summed E-state index contributed by atoms with van der Waals surface area (Å²) in [5, 5.41) is 5.92. The van der Waals surface area contributed by atoms with E-state index in [0.29, 0.717) is 6.42 Å². The predicted octanol–water partition coefficient (Wildman–Crippen LogP) is 1.70. The molecule has 7 heteroatoms. The number of amides is 1. The van der Waals surface area contributed by atoms with Gasteiger partial charge in [0.1, 0.15) is 0 Å². The number of hydrogen-bond acceptors (Lipinski definition) is 4. The average molecular weight is 422 g/mol. The lowest BCUT2D eigenvalue weighted by Crippen LogP contribution is -2.48. The van der Waals surface area contributed by atoms with E-state index >= 15 is 0 Å². The van der Waals surface area contributed by atoms with Crippen molar-refractivity contribution in [2.45, 2.75) is 25.8 Å². The summed E-state index contributed by atoms with van der Waals surface area (Å²) in [5.41, 5.74) is 1.35. The molecule has 0 spiro atoms. The van der Waals surface area contributed by atoms with Crippen LogP contribution >= 0.6 is 22.6 Å². The van der Waals surface area contributed by atoms with Crippen molar-refractivity contribution in [2.75, 3.05) is 23.4 Å². The smallest absolute Gasteiger partial charge is 0.239 e. The molecule has 0 aliphatic carbocycles. The van der Waals surface area contributed by atoms with E-state index in [-0.39, 0.29) is 24.0 Å². The van der Waals surface area contributed by atoms with Gasteiger partial charge in [0.15, 0.2) is 9.84 Å². The van der Waals surface area contributed by atoms with E-state index in [1.165, 1.54) is 0 Å². The number of carbonyl (C=O) groups excluding carboxylic acids is 1. The van der Waals surface area contributed by atoms with E-state index in [4.69, 9.17) is 0 Å². The third-order valence-corrected chi connectivity index (χ3v) is 6.15. The zero-order valence-electron chi connectivity index (χ0n) is 12.1. The number of aryl methyl sites for hydroxylation is 1. The minimum absolute atomic E-state index is 0.0221. The maximum absolute atomic E-state index is 12.0. The van der Waals surface area contributed by atoms with Crippen LogP contribution in [0.5, 0.6) is 0 Å². The van der Waals surface area contributed by atoms with Crippen molar-refractivity contribution in [3.8, 4) is 0 Å². The summed E-state index contributed by atoms with van der Waals surface area (Å²) in [5.74, 6) is -0.0191. The summed E-state index contributed by atoms with van der Waals surface area (Å²) in [6.07, 6.45) is 0.476. The second kappa shape index (κ2) is 6.12. The maximum atomic E-state index is 12.0. The first-order chi connectivity index (χ1) is 9.69. The van der Waals surface area contributed by atoms with Gasteiger partial charge in [-0.05, 0) is 66.6 Å². The molecule has 0 saturated carbocycles. The average Bonchev–Trinajstić information content (AvgIpc) is 2.62. The number of anilines is 1. The fourth-order valence-electron chi connectivity index (χ4n) is 2.49. The van der Waals surface area contributed by atoms with Crippen LogP contribution in [0.15, 0.2) is 18.2 Å². The molecule has 21 heavy (non-hydrogen) atoms. The van der Waals surface area contributed by atoms with Crippen LogP contribution < -0.4 is 10.6 Å². The van der Waals surface area contributed by atoms with Crippen molar-refractivity contribution in [2.24, 2.45) is 0 Å². The van der Waals surface area contributed by atoms with Gasteiger partial charge in [-0.2, -0.15) is 0 Å². The van der Waals surface area contributed by atoms with E-state index < -0.39 is 15.4 Å². The van der Waals surface area contributed by atoms with Crippen LogP contribution in [0.2, 0.25) is 0 Å². The third kappa shape index (κ3) is 4.57. The number of rotatable bonds is 4. The fourth-order valence-corrected chi connectivity index (χ4v) is 5.23. The summed E-state index contributed by atoms with van der Waals surface area (Å²) >= 11 is 2.24. The van der Waals surface area contributed by atoms with E-state index in [1.807, 2.05) is 25.1 Å². The first-order valence-corrected chi connectivity index (χ1v) is 9.61. The summed E-state index contributed by atoms with van der Waals surface area (Å²) in [6, 6.07) is 5.94. The van der Waals surface area contributed by atoms with Crippen molar-refractivity contribution >= 4 is 44.0 Å². The van der Waals surface area contributed by atoms with Gasteiger partial charge in [0, 0.05) is 9.26 Å². The molecule has 1 aliphatic heterocycles. The molecule has 5 nitrogen and oxygen atoms in total. The van der Waals surface area contributed by atoms with Crippen molar-refractivity contribution in [1.29, 1.82) is 0 Å². The highest BCUT2D eigenvalue weighted by Crippen LogP contribution is 2.23. The van der Waals surface area contributed by atoms with E-state index in [2.05, 4.69) is 33.2 Å².